The number of benzene rings is 2. The summed E-state index contributed by atoms with van der Waals surface area (Å²) in [6, 6.07) is 16.7. The SMILES string of the molecule is CC(=O)NC12CC3C[C@H](C1)C(NC(=O)N1CCN(c4ccc(N5CCN(S(C)(=O)=O)CC5)cc4)c4ccccc41)[C@@H](C3)C2. The van der Waals surface area contributed by atoms with Crippen LogP contribution in [0.2, 0.25) is 0 Å². The highest BCUT2D eigenvalue weighted by Crippen LogP contribution is 2.56. The third-order valence-electron chi connectivity index (χ3n) is 10.5. The summed E-state index contributed by atoms with van der Waals surface area (Å²) >= 11 is 0. The Morgan fingerprint density at radius 1 is 0.814 bits per heavy atom. The quantitative estimate of drug-likeness (QED) is 0.540. The Morgan fingerprint density at radius 3 is 2.07 bits per heavy atom. The van der Waals surface area contributed by atoms with Crippen LogP contribution in [0.1, 0.15) is 39.0 Å². The summed E-state index contributed by atoms with van der Waals surface area (Å²) in [5, 5.41) is 6.76. The fourth-order valence-electron chi connectivity index (χ4n) is 8.97. The second kappa shape index (κ2) is 10.7. The molecule has 8 rings (SSSR count). The fraction of sp³-hybridized carbons (Fsp3) is 0.562. The smallest absolute Gasteiger partial charge is 0.322 e. The van der Waals surface area contributed by atoms with Crippen molar-refractivity contribution in [2.45, 2.75) is 50.6 Å². The van der Waals surface area contributed by atoms with Crippen LogP contribution in [0.5, 0.6) is 0 Å². The van der Waals surface area contributed by atoms with Crippen molar-refractivity contribution in [3.63, 3.8) is 0 Å². The number of piperazine rings is 1. The van der Waals surface area contributed by atoms with E-state index in [1.54, 1.807) is 6.92 Å². The predicted molar refractivity (Wildman–Crippen MR) is 168 cm³/mol. The molecular formula is C32H42N6O4S. The van der Waals surface area contributed by atoms with E-state index in [2.05, 4.69) is 50.8 Å². The number of rotatable bonds is 5. The molecule has 0 radical (unpaired) electrons. The van der Waals surface area contributed by atoms with E-state index < -0.39 is 10.0 Å². The van der Waals surface area contributed by atoms with Gasteiger partial charge in [0.15, 0.2) is 0 Å². The highest BCUT2D eigenvalue weighted by molar-refractivity contribution is 7.88. The van der Waals surface area contributed by atoms with Crippen molar-refractivity contribution in [3.8, 4) is 0 Å². The lowest BCUT2D eigenvalue weighted by Crippen LogP contribution is -2.67. The van der Waals surface area contributed by atoms with E-state index in [9.17, 15) is 18.0 Å². The Hall–Kier alpha value is -3.31. The molecule has 0 spiro atoms. The summed E-state index contributed by atoms with van der Waals surface area (Å²) in [4.78, 5) is 32.2. The number of nitrogens with one attached hydrogen (secondary N) is 2. The molecule has 230 valence electrons. The number of anilines is 4. The molecule has 10 nitrogen and oxygen atoms in total. The molecule has 2 aromatic rings. The summed E-state index contributed by atoms with van der Waals surface area (Å²) in [5.41, 5.74) is 3.98. The van der Waals surface area contributed by atoms with Gasteiger partial charge in [-0.1, -0.05) is 12.1 Å². The van der Waals surface area contributed by atoms with Crippen molar-refractivity contribution < 1.29 is 18.0 Å². The maximum Gasteiger partial charge on any atom is 0.322 e. The minimum Gasteiger partial charge on any atom is -0.369 e. The monoisotopic (exact) mass is 606 g/mol. The molecule has 3 amide bonds. The molecule has 1 saturated heterocycles. The lowest BCUT2D eigenvalue weighted by Gasteiger charge is -2.60. The third kappa shape index (κ3) is 5.35. The summed E-state index contributed by atoms with van der Waals surface area (Å²) in [5.74, 6) is 1.52. The van der Waals surface area contributed by atoms with E-state index in [-0.39, 0.29) is 23.5 Å². The molecule has 4 saturated carbocycles. The molecule has 6 aliphatic rings. The Balaban J connectivity index is 1.04. The fourth-order valence-corrected chi connectivity index (χ4v) is 9.80. The van der Waals surface area contributed by atoms with Crippen LogP contribution < -0.4 is 25.3 Å². The van der Waals surface area contributed by atoms with Gasteiger partial charge in [0.1, 0.15) is 0 Å². The zero-order valence-corrected chi connectivity index (χ0v) is 25.9. The lowest BCUT2D eigenvalue weighted by molar-refractivity contribution is -0.125. The Labute approximate surface area is 254 Å². The van der Waals surface area contributed by atoms with Gasteiger partial charge in [0, 0.05) is 69.1 Å². The summed E-state index contributed by atoms with van der Waals surface area (Å²) in [6.07, 6.45) is 6.53. The Bertz CT molecular complexity index is 1490. The average molecular weight is 607 g/mol. The molecule has 2 aromatic carbocycles. The highest BCUT2D eigenvalue weighted by Gasteiger charge is 2.56. The zero-order valence-electron chi connectivity index (χ0n) is 25.0. The Kier molecular flexibility index (Phi) is 7.08. The van der Waals surface area contributed by atoms with E-state index in [1.165, 1.54) is 10.6 Å². The van der Waals surface area contributed by atoms with Gasteiger partial charge < -0.3 is 20.4 Å². The molecular weight excluding hydrogens is 564 g/mol. The van der Waals surface area contributed by atoms with Gasteiger partial charge in [-0.3, -0.25) is 9.69 Å². The number of sulfonamides is 1. The summed E-state index contributed by atoms with van der Waals surface area (Å²) in [7, 11) is -3.16. The first-order valence-electron chi connectivity index (χ1n) is 15.6. The first-order chi connectivity index (χ1) is 20.6. The number of carbonyl (C=O) groups excluding carboxylic acids is 2. The molecule has 3 unspecified atom stereocenters. The van der Waals surface area contributed by atoms with Gasteiger partial charge in [0.2, 0.25) is 15.9 Å². The van der Waals surface area contributed by atoms with Crippen molar-refractivity contribution in [1.82, 2.24) is 14.9 Å². The number of amides is 3. The molecule has 4 bridgehead atoms. The summed E-state index contributed by atoms with van der Waals surface area (Å²) < 4.78 is 25.3. The van der Waals surface area contributed by atoms with Crippen molar-refractivity contribution in [3.05, 3.63) is 48.5 Å². The average Bonchev–Trinajstić information content (AvgIpc) is 2.97. The van der Waals surface area contributed by atoms with E-state index in [0.717, 1.165) is 54.9 Å². The van der Waals surface area contributed by atoms with Crippen LogP contribution in [0.4, 0.5) is 27.5 Å². The zero-order chi connectivity index (χ0) is 29.9. The summed E-state index contributed by atoms with van der Waals surface area (Å²) in [6.45, 7) is 5.21. The van der Waals surface area contributed by atoms with Gasteiger partial charge in [-0.05, 0) is 86.3 Å². The normalized spacial score (nSPS) is 30.2. The molecule has 5 atom stereocenters. The second-order valence-corrected chi connectivity index (χ2v) is 15.3. The Morgan fingerprint density at radius 2 is 1.44 bits per heavy atom. The van der Waals surface area contributed by atoms with Gasteiger partial charge in [0.25, 0.3) is 0 Å². The van der Waals surface area contributed by atoms with E-state index in [4.69, 9.17) is 0 Å². The number of carbonyl (C=O) groups is 2. The number of hydrogen-bond donors (Lipinski definition) is 2. The minimum absolute atomic E-state index is 0.0262. The van der Waals surface area contributed by atoms with Crippen molar-refractivity contribution in [2.75, 3.05) is 60.2 Å². The van der Waals surface area contributed by atoms with Crippen LogP contribution >= 0.6 is 0 Å². The topological polar surface area (TPSA) is 105 Å². The van der Waals surface area contributed by atoms with Crippen molar-refractivity contribution in [1.29, 1.82) is 0 Å². The number of hydrogen-bond acceptors (Lipinski definition) is 6. The molecule has 0 aromatic heterocycles. The molecule has 5 fully saturated rings. The van der Waals surface area contributed by atoms with Crippen LogP contribution in [0.15, 0.2) is 48.5 Å². The van der Waals surface area contributed by atoms with Crippen LogP contribution in [0, 0.1) is 17.8 Å². The number of fused-ring (bicyclic) bond motifs is 1. The highest BCUT2D eigenvalue weighted by atomic mass is 32.2. The molecule has 4 aliphatic carbocycles. The minimum atomic E-state index is -3.16. The third-order valence-corrected chi connectivity index (χ3v) is 11.8. The maximum absolute atomic E-state index is 13.8. The van der Waals surface area contributed by atoms with E-state index in [1.807, 2.05) is 23.1 Å². The van der Waals surface area contributed by atoms with Crippen LogP contribution in [-0.4, -0.2) is 81.8 Å². The first-order valence-corrected chi connectivity index (χ1v) is 17.5. The molecule has 2 aliphatic heterocycles. The molecule has 2 N–H and O–H groups in total. The van der Waals surface area contributed by atoms with Gasteiger partial charge in [-0.25, -0.2) is 13.2 Å². The predicted octanol–water partition coefficient (Wildman–Crippen LogP) is 3.52. The van der Waals surface area contributed by atoms with Gasteiger partial charge >= 0.3 is 6.03 Å². The first kappa shape index (κ1) is 28.5. The molecule has 43 heavy (non-hydrogen) atoms. The van der Waals surface area contributed by atoms with Gasteiger partial charge in [-0.2, -0.15) is 4.31 Å². The molecule has 11 heteroatoms. The van der Waals surface area contributed by atoms with Gasteiger partial charge in [-0.15, -0.1) is 0 Å². The lowest BCUT2D eigenvalue weighted by atomic mass is 9.51. The maximum atomic E-state index is 13.8. The van der Waals surface area contributed by atoms with Crippen LogP contribution in [-0.2, 0) is 14.8 Å². The number of para-hydroxylation sites is 2. The van der Waals surface area contributed by atoms with Crippen LogP contribution in [0.3, 0.4) is 0 Å². The van der Waals surface area contributed by atoms with E-state index in [0.29, 0.717) is 57.0 Å². The van der Waals surface area contributed by atoms with E-state index >= 15 is 0 Å². The largest absolute Gasteiger partial charge is 0.369 e. The van der Waals surface area contributed by atoms with Crippen LogP contribution in [0.25, 0.3) is 0 Å². The second-order valence-electron chi connectivity index (χ2n) is 13.4. The number of nitrogens with zero attached hydrogens (tertiary/aromatic N) is 4. The van der Waals surface area contributed by atoms with Gasteiger partial charge in [0.05, 0.1) is 17.6 Å². The van der Waals surface area contributed by atoms with Crippen molar-refractivity contribution in [2.24, 2.45) is 17.8 Å². The molecule has 2 heterocycles. The standard InChI is InChI=1S/C32H42N6O4S/c1-22(39)34-32-19-23-17-24(20-32)30(25(18-23)21-32)33-31(40)38-16-15-37(28-5-3-4-6-29(28)38)27-9-7-26(8-10-27)35-11-13-36(14-12-35)43(2,41)42/h3-10,23-25,30H,11-21H2,1-2H3,(H,33,40)(H,34,39)/t23?,24-,25+,30?,32?. The van der Waals surface area contributed by atoms with Crippen molar-refractivity contribution >= 4 is 44.7 Å². The number of urea groups is 1.